The highest BCUT2D eigenvalue weighted by Crippen LogP contribution is 2.35. The van der Waals surface area contributed by atoms with E-state index in [0.29, 0.717) is 0 Å². The van der Waals surface area contributed by atoms with Crippen LogP contribution in [-0.2, 0) is 0 Å². The lowest BCUT2D eigenvalue weighted by molar-refractivity contribution is 0.0954. The molecule has 0 unspecified atom stereocenters. The maximum absolute atomic E-state index is 11.7. The van der Waals surface area contributed by atoms with Crippen molar-refractivity contribution in [2.24, 2.45) is 5.10 Å². The maximum Gasteiger partial charge on any atom is 0.271 e. The van der Waals surface area contributed by atoms with Crippen molar-refractivity contribution >= 4 is 12.1 Å². The van der Waals surface area contributed by atoms with Gasteiger partial charge in [-0.25, -0.2) is 5.43 Å². The van der Waals surface area contributed by atoms with Gasteiger partial charge in [-0.2, -0.15) is 5.10 Å². The van der Waals surface area contributed by atoms with Gasteiger partial charge in [0, 0.05) is 18.0 Å². The Morgan fingerprint density at radius 2 is 1.75 bits per heavy atom. The number of hydrogen-bond donors (Lipinski definition) is 4. The second-order valence-corrected chi connectivity index (χ2v) is 3.84. The maximum atomic E-state index is 11.7. The molecular formula is C13H11N3O4. The van der Waals surface area contributed by atoms with Crippen LogP contribution in [0, 0.1) is 0 Å². The Kier molecular flexibility index (Phi) is 3.80. The minimum absolute atomic E-state index is 0.0373. The molecule has 0 atom stereocenters. The minimum Gasteiger partial charge on any atom is -0.504 e. The van der Waals surface area contributed by atoms with E-state index in [9.17, 15) is 20.1 Å². The molecule has 0 saturated carbocycles. The Labute approximate surface area is 113 Å². The van der Waals surface area contributed by atoms with E-state index in [1.54, 1.807) is 24.5 Å². The van der Waals surface area contributed by atoms with Gasteiger partial charge in [0.15, 0.2) is 17.2 Å². The van der Waals surface area contributed by atoms with E-state index in [2.05, 4.69) is 15.5 Å². The van der Waals surface area contributed by atoms with Gasteiger partial charge < -0.3 is 15.3 Å². The molecule has 2 rings (SSSR count). The van der Waals surface area contributed by atoms with E-state index in [1.165, 1.54) is 6.21 Å². The third kappa shape index (κ3) is 3.02. The molecular weight excluding hydrogens is 262 g/mol. The molecule has 0 aliphatic heterocycles. The zero-order valence-corrected chi connectivity index (χ0v) is 10.2. The second kappa shape index (κ2) is 5.70. The number of nitrogens with one attached hydrogen (secondary N) is 1. The van der Waals surface area contributed by atoms with Crippen molar-refractivity contribution in [3.63, 3.8) is 0 Å². The largest absolute Gasteiger partial charge is 0.504 e. The number of hydrazone groups is 1. The lowest BCUT2D eigenvalue weighted by Crippen LogP contribution is -2.17. The van der Waals surface area contributed by atoms with Crippen LogP contribution in [0.25, 0.3) is 0 Å². The predicted octanol–water partition coefficient (Wildman–Crippen LogP) is 0.962. The monoisotopic (exact) mass is 273 g/mol. The van der Waals surface area contributed by atoms with Crippen LogP contribution in [0.1, 0.15) is 15.9 Å². The molecule has 7 heteroatoms. The summed E-state index contributed by atoms with van der Waals surface area (Å²) >= 11 is 0. The summed E-state index contributed by atoms with van der Waals surface area (Å²) < 4.78 is 0. The highest BCUT2D eigenvalue weighted by atomic mass is 16.3. The SMILES string of the molecule is O=C(N/N=C\c1ccncc1)c1cc(O)c(O)c(O)c1. The van der Waals surface area contributed by atoms with Crippen molar-refractivity contribution in [2.45, 2.75) is 0 Å². The van der Waals surface area contributed by atoms with E-state index in [-0.39, 0.29) is 5.56 Å². The first-order valence-corrected chi connectivity index (χ1v) is 5.56. The molecule has 0 fully saturated rings. The molecule has 0 bridgehead atoms. The van der Waals surface area contributed by atoms with Gasteiger partial charge in [0.2, 0.25) is 0 Å². The quantitative estimate of drug-likeness (QED) is 0.378. The van der Waals surface area contributed by atoms with E-state index in [1.807, 2.05) is 0 Å². The van der Waals surface area contributed by atoms with Crippen LogP contribution in [0.4, 0.5) is 0 Å². The molecule has 2 aromatic rings. The predicted molar refractivity (Wildman–Crippen MR) is 70.7 cm³/mol. The van der Waals surface area contributed by atoms with Gasteiger partial charge in [-0.15, -0.1) is 0 Å². The average molecular weight is 273 g/mol. The number of phenolic OH excluding ortho intramolecular Hbond substituents is 3. The average Bonchev–Trinajstić information content (AvgIpc) is 2.45. The summed E-state index contributed by atoms with van der Waals surface area (Å²) in [4.78, 5) is 15.5. The molecule has 1 aromatic heterocycles. The highest BCUT2D eigenvalue weighted by Gasteiger charge is 2.12. The number of phenols is 3. The fraction of sp³-hybridized carbons (Fsp3) is 0. The molecule has 4 N–H and O–H groups in total. The number of benzene rings is 1. The lowest BCUT2D eigenvalue weighted by Gasteiger charge is -2.04. The first kappa shape index (κ1) is 13.3. The van der Waals surface area contributed by atoms with E-state index in [4.69, 9.17) is 0 Å². The Balaban J connectivity index is 2.08. The number of rotatable bonds is 3. The summed E-state index contributed by atoms with van der Waals surface area (Å²) in [5.41, 5.74) is 2.94. The summed E-state index contributed by atoms with van der Waals surface area (Å²) in [7, 11) is 0. The summed E-state index contributed by atoms with van der Waals surface area (Å²) in [6.45, 7) is 0. The molecule has 0 aliphatic carbocycles. The van der Waals surface area contributed by atoms with Crippen LogP contribution >= 0.6 is 0 Å². The van der Waals surface area contributed by atoms with Crippen LogP contribution in [0.2, 0.25) is 0 Å². The normalized spacial score (nSPS) is 10.6. The Morgan fingerprint density at radius 3 is 2.35 bits per heavy atom. The van der Waals surface area contributed by atoms with Crippen molar-refractivity contribution in [3.05, 3.63) is 47.8 Å². The molecule has 0 radical (unpaired) electrons. The molecule has 1 heterocycles. The molecule has 0 saturated heterocycles. The summed E-state index contributed by atoms with van der Waals surface area (Å²) in [5, 5.41) is 31.5. The molecule has 102 valence electrons. The fourth-order valence-corrected chi connectivity index (χ4v) is 1.41. The van der Waals surface area contributed by atoms with Crippen molar-refractivity contribution in [2.75, 3.05) is 0 Å². The third-order valence-electron chi connectivity index (χ3n) is 2.42. The lowest BCUT2D eigenvalue weighted by atomic mass is 10.2. The molecule has 20 heavy (non-hydrogen) atoms. The number of carbonyl (C=O) groups excluding carboxylic acids is 1. The van der Waals surface area contributed by atoms with Gasteiger partial charge in [-0.3, -0.25) is 9.78 Å². The zero-order valence-electron chi connectivity index (χ0n) is 10.2. The summed E-state index contributed by atoms with van der Waals surface area (Å²) in [6.07, 6.45) is 4.58. The van der Waals surface area contributed by atoms with Crippen molar-refractivity contribution in [1.82, 2.24) is 10.4 Å². The van der Waals surface area contributed by atoms with Gasteiger partial charge in [0.1, 0.15) is 0 Å². The molecule has 0 aliphatic rings. The van der Waals surface area contributed by atoms with Crippen LogP contribution in [0.5, 0.6) is 17.2 Å². The van der Waals surface area contributed by atoms with Crippen LogP contribution < -0.4 is 5.43 Å². The van der Waals surface area contributed by atoms with Crippen LogP contribution in [0.15, 0.2) is 41.8 Å². The smallest absolute Gasteiger partial charge is 0.271 e. The Hall–Kier alpha value is -3.09. The third-order valence-corrected chi connectivity index (χ3v) is 2.42. The van der Waals surface area contributed by atoms with Crippen molar-refractivity contribution in [3.8, 4) is 17.2 Å². The zero-order chi connectivity index (χ0) is 14.5. The molecule has 1 aromatic carbocycles. The molecule has 1 amide bonds. The Morgan fingerprint density at radius 1 is 1.15 bits per heavy atom. The van der Waals surface area contributed by atoms with Crippen LogP contribution in [-0.4, -0.2) is 32.4 Å². The highest BCUT2D eigenvalue weighted by molar-refractivity contribution is 5.96. The number of hydrogen-bond acceptors (Lipinski definition) is 6. The van der Waals surface area contributed by atoms with Crippen LogP contribution in [0.3, 0.4) is 0 Å². The molecule has 7 nitrogen and oxygen atoms in total. The van der Waals surface area contributed by atoms with E-state index >= 15 is 0 Å². The first-order chi connectivity index (χ1) is 9.58. The summed E-state index contributed by atoms with van der Waals surface area (Å²) in [6, 6.07) is 5.44. The summed E-state index contributed by atoms with van der Waals surface area (Å²) in [5.74, 6) is -2.50. The van der Waals surface area contributed by atoms with Crippen molar-refractivity contribution in [1.29, 1.82) is 0 Å². The second-order valence-electron chi connectivity index (χ2n) is 3.84. The number of aromatic nitrogens is 1. The number of nitrogens with zero attached hydrogens (tertiary/aromatic N) is 2. The topological polar surface area (TPSA) is 115 Å². The van der Waals surface area contributed by atoms with E-state index < -0.39 is 23.2 Å². The number of pyridine rings is 1. The van der Waals surface area contributed by atoms with E-state index in [0.717, 1.165) is 17.7 Å². The van der Waals surface area contributed by atoms with Gasteiger partial charge >= 0.3 is 0 Å². The molecule has 0 spiro atoms. The van der Waals surface area contributed by atoms with Gasteiger partial charge in [0.05, 0.1) is 6.21 Å². The number of aromatic hydroxyl groups is 3. The number of amides is 1. The minimum atomic E-state index is -0.679. The number of carbonyl (C=O) groups is 1. The Bertz CT molecular complexity index is 633. The standard InChI is InChI=1S/C13H11N3O4/c17-10-5-9(6-11(18)12(10)19)13(20)16-15-7-8-1-3-14-4-2-8/h1-7,17-19H,(H,16,20)/b15-7-. The van der Waals surface area contributed by atoms with Gasteiger partial charge in [-0.05, 0) is 29.8 Å². The van der Waals surface area contributed by atoms with Crippen molar-refractivity contribution < 1.29 is 20.1 Å². The van der Waals surface area contributed by atoms with Gasteiger partial charge in [0.25, 0.3) is 5.91 Å². The van der Waals surface area contributed by atoms with Gasteiger partial charge in [-0.1, -0.05) is 0 Å². The fourth-order valence-electron chi connectivity index (χ4n) is 1.41. The first-order valence-electron chi connectivity index (χ1n) is 5.56.